The first kappa shape index (κ1) is 26.0. The van der Waals surface area contributed by atoms with E-state index in [4.69, 9.17) is 18.9 Å². The number of amides is 2. The van der Waals surface area contributed by atoms with Gasteiger partial charge in [-0.1, -0.05) is 0 Å². The van der Waals surface area contributed by atoms with Crippen LogP contribution in [0.25, 0.3) is 0 Å². The molecule has 0 spiro atoms. The SMILES string of the molecule is COC(=O)[C@@H](CCC[C@H]1COC(C)(C)N1C(=O)OC(C)(C)C)NC(=O)OC(C)(C)C. The fourth-order valence-corrected chi connectivity index (χ4v) is 3.17. The zero-order chi connectivity index (χ0) is 23.3. The molecular formula is C21H38N2O7. The van der Waals surface area contributed by atoms with Crippen LogP contribution in [0.4, 0.5) is 9.59 Å². The predicted octanol–water partition coefficient (Wildman–Crippen LogP) is 3.60. The molecule has 9 nitrogen and oxygen atoms in total. The summed E-state index contributed by atoms with van der Waals surface area (Å²) in [5.41, 5.74) is -2.08. The molecule has 1 N–H and O–H groups in total. The highest BCUT2D eigenvalue weighted by Crippen LogP contribution is 2.31. The van der Waals surface area contributed by atoms with Gasteiger partial charge in [0.15, 0.2) is 0 Å². The summed E-state index contributed by atoms with van der Waals surface area (Å²) in [6.45, 7) is 14.7. The first-order valence-electron chi connectivity index (χ1n) is 10.3. The maximum atomic E-state index is 12.7. The zero-order valence-corrected chi connectivity index (χ0v) is 19.8. The van der Waals surface area contributed by atoms with Crippen molar-refractivity contribution in [1.82, 2.24) is 10.2 Å². The van der Waals surface area contributed by atoms with Gasteiger partial charge in [-0.05, 0) is 74.7 Å². The number of carbonyl (C=O) groups is 3. The maximum Gasteiger partial charge on any atom is 0.412 e. The maximum absolute atomic E-state index is 12.7. The topological polar surface area (TPSA) is 103 Å². The molecule has 2 atom stereocenters. The number of ether oxygens (including phenoxy) is 4. The zero-order valence-electron chi connectivity index (χ0n) is 19.8. The summed E-state index contributed by atoms with van der Waals surface area (Å²) in [7, 11) is 1.27. The first-order chi connectivity index (χ1) is 13.6. The highest BCUT2D eigenvalue weighted by atomic mass is 16.6. The van der Waals surface area contributed by atoms with Crippen molar-refractivity contribution in [2.75, 3.05) is 13.7 Å². The van der Waals surface area contributed by atoms with E-state index in [0.29, 0.717) is 25.9 Å². The van der Waals surface area contributed by atoms with Gasteiger partial charge in [0, 0.05) is 0 Å². The molecule has 1 aliphatic rings. The third kappa shape index (κ3) is 8.38. The van der Waals surface area contributed by atoms with Crippen molar-refractivity contribution < 1.29 is 33.3 Å². The number of methoxy groups -OCH3 is 1. The standard InChI is InChI=1S/C21H38N2O7/c1-19(2,3)29-17(25)22-15(16(24)27-9)12-10-11-14-13-28-21(7,8)23(14)18(26)30-20(4,5)6/h14-15H,10-13H2,1-9H3,(H,22,25)/t14-,15+/m0/s1. The Morgan fingerprint density at radius 3 is 2.17 bits per heavy atom. The predicted molar refractivity (Wildman–Crippen MR) is 111 cm³/mol. The Hall–Kier alpha value is -2.03. The van der Waals surface area contributed by atoms with Crippen molar-refractivity contribution >= 4 is 18.2 Å². The number of rotatable bonds is 6. The number of hydrogen-bond acceptors (Lipinski definition) is 7. The van der Waals surface area contributed by atoms with Gasteiger partial charge in [0.2, 0.25) is 0 Å². The number of carbonyl (C=O) groups excluding carboxylic acids is 3. The van der Waals surface area contributed by atoms with Crippen LogP contribution >= 0.6 is 0 Å². The van der Waals surface area contributed by atoms with E-state index in [2.05, 4.69) is 5.32 Å². The lowest BCUT2D eigenvalue weighted by atomic mass is 10.0. The van der Waals surface area contributed by atoms with E-state index in [1.165, 1.54) is 7.11 Å². The monoisotopic (exact) mass is 430 g/mol. The summed E-state index contributed by atoms with van der Waals surface area (Å²) in [6.07, 6.45) is 0.348. The van der Waals surface area contributed by atoms with Crippen molar-refractivity contribution in [3.05, 3.63) is 0 Å². The molecule has 0 bridgehead atoms. The second kappa shape index (κ2) is 9.85. The fourth-order valence-electron chi connectivity index (χ4n) is 3.17. The Morgan fingerprint density at radius 1 is 1.10 bits per heavy atom. The highest BCUT2D eigenvalue weighted by Gasteiger charge is 2.45. The summed E-state index contributed by atoms with van der Waals surface area (Å²) < 4.78 is 21.3. The lowest BCUT2D eigenvalue weighted by Gasteiger charge is -2.35. The van der Waals surface area contributed by atoms with E-state index in [9.17, 15) is 14.4 Å². The molecule has 0 saturated carbocycles. The molecule has 0 radical (unpaired) electrons. The third-order valence-electron chi connectivity index (χ3n) is 4.37. The van der Waals surface area contributed by atoms with Crippen LogP contribution in [-0.4, -0.2) is 65.8 Å². The average molecular weight is 431 g/mol. The van der Waals surface area contributed by atoms with Crippen molar-refractivity contribution in [2.24, 2.45) is 0 Å². The fraction of sp³-hybridized carbons (Fsp3) is 0.857. The highest BCUT2D eigenvalue weighted by molar-refractivity contribution is 5.81. The molecule has 174 valence electrons. The normalized spacial score (nSPS) is 19.8. The average Bonchev–Trinajstić information content (AvgIpc) is 2.84. The van der Waals surface area contributed by atoms with Gasteiger partial charge in [0.1, 0.15) is 23.0 Å². The van der Waals surface area contributed by atoms with Gasteiger partial charge in [-0.2, -0.15) is 0 Å². The minimum absolute atomic E-state index is 0.199. The number of nitrogens with zero attached hydrogens (tertiary/aromatic N) is 1. The van der Waals surface area contributed by atoms with Gasteiger partial charge >= 0.3 is 18.2 Å². The van der Waals surface area contributed by atoms with Crippen LogP contribution in [0.15, 0.2) is 0 Å². The molecule has 0 aliphatic carbocycles. The molecule has 0 unspecified atom stereocenters. The molecule has 30 heavy (non-hydrogen) atoms. The van der Waals surface area contributed by atoms with Gasteiger partial charge in [0.05, 0.1) is 19.8 Å². The van der Waals surface area contributed by atoms with Crippen LogP contribution in [-0.2, 0) is 23.7 Å². The molecule has 1 aliphatic heterocycles. The van der Waals surface area contributed by atoms with Gasteiger partial charge in [-0.25, -0.2) is 14.4 Å². The summed E-state index contributed by atoms with van der Waals surface area (Å²) in [5.74, 6) is -0.548. The van der Waals surface area contributed by atoms with Gasteiger partial charge in [0.25, 0.3) is 0 Å². The van der Waals surface area contributed by atoms with Crippen LogP contribution in [0, 0.1) is 0 Å². The smallest absolute Gasteiger partial charge is 0.412 e. The second-order valence-electron chi connectivity index (χ2n) is 9.91. The molecule has 1 saturated heterocycles. The van der Waals surface area contributed by atoms with Gasteiger partial charge in [-0.15, -0.1) is 0 Å². The largest absolute Gasteiger partial charge is 0.467 e. The number of nitrogens with one attached hydrogen (secondary N) is 1. The molecule has 0 aromatic rings. The van der Waals surface area contributed by atoms with Crippen molar-refractivity contribution in [3.63, 3.8) is 0 Å². The van der Waals surface area contributed by atoms with E-state index in [1.807, 2.05) is 34.6 Å². The molecule has 9 heteroatoms. The molecule has 1 fully saturated rings. The summed E-state index contributed by atoms with van der Waals surface area (Å²) >= 11 is 0. The van der Waals surface area contributed by atoms with Gasteiger partial charge in [-0.3, -0.25) is 4.90 Å². The summed E-state index contributed by atoms with van der Waals surface area (Å²) in [6, 6.07) is -1.04. The van der Waals surface area contributed by atoms with Crippen LogP contribution in [0.1, 0.15) is 74.7 Å². The van der Waals surface area contributed by atoms with Crippen LogP contribution < -0.4 is 5.32 Å². The number of alkyl carbamates (subject to hydrolysis) is 1. The minimum atomic E-state index is -0.838. The number of hydrogen-bond donors (Lipinski definition) is 1. The van der Waals surface area contributed by atoms with Crippen molar-refractivity contribution in [1.29, 1.82) is 0 Å². The van der Waals surface area contributed by atoms with E-state index in [0.717, 1.165) is 0 Å². The molecule has 0 aromatic heterocycles. The minimum Gasteiger partial charge on any atom is -0.467 e. The Labute approximate surface area is 179 Å². The Bertz CT molecular complexity index is 620. The van der Waals surface area contributed by atoms with E-state index >= 15 is 0 Å². The summed E-state index contributed by atoms with van der Waals surface area (Å²) in [5, 5.41) is 2.56. The van der Waals surface area contributed by atoms with Gasteiger partial charge < -0.3 is 24.3 Å². The van der Waals surface area contributed by atoms with E-state index in [-0.39, 0.29) is 6.04 Å². The number of esters is 1. The summed E-state index contributed by atoms with van der Waals surface area (Å²) in [4.78, 5) is 38.4. The quantitative estimate of drug-likeness (QED) is 0.507. The van der Waals surface area contributed by atoms with Crippen LogP contribution in [0.3, 0.4) is 0 Å². The molecule has 2 amide bonds. The van der Waals surface area contributed by atoms with Crippen LogP contribution in [0.2, 0.25) is 0 Å². The molecule has 1 heterocycles. The molecular weight excluding hydrogens is 392 g/mol. The lowest BCUT2D eigenvalue weighted by Crippen LogP contribution is -2.50. The van der Waals surface area contributed by atoms with Crippen molar-refractivity contribution in [2.45, 2.75) is 104 Å². The second-order valence-corrected chi connectivity index (χ2v) is 9.91. The Morgan fingerprint density at radius 2 is 1.67 bits per heavy atom. The lowest BCUT2D eigenvalue weighted by molar-refractivity contribution is -0.143. The van der Waals surface area contributed by atoms with E-state index < -0.39 is 41.1 Å². The Kier molecular flexibility index (Phi) is 8.54. The van der Waals surface area contributed by atoms with E-state index in [1.54, 1.807) is 25.7 Å². The third-order valence-corrected chi connectivity index (χ3v) is 4.37. The van der Waals surface area contributed by atoms with Crippen molar-refractivity contribution in [3.8, 4) is 0 Å². The molecule has 0 aromatic carbocycles. The Balaban J connectivity index is 2.73. The molecule has 1 rings (SSSR count). The first-order valence-corrected chi connectivity index (χ1v) is 10.3. The van der Waals surface area contributed by atoms with Crippen LogP contribution in [0.5, 0.6) is 0 Å².